The highest BCUT2D eigenvalue weighted by molar-refractivity contribution is 9.10. The Hall–Kier alpha value is -1.62. The third-order valence-electron chi connectivity index (χ3n) is 2.70. The van der Waals surface area contributed by atoms with Crippen LogP contribution >= 0.6 is 15.9 Å². The van der Waals surface area contributed by atoms with E-state index < -0.39 is 23.3 Å². The molecule has 2 N–H and O–H groups in total. The molecule has 4 nitrogen and oxygen atoms in total. The molecule has 0 aliphatic heterocycles. The smallest absolute Gasteiger partial charge is 0.326 e. The zero-order chi connectivity index (χ0) is 15.3. The third kappa shape index (κ3) is 5.17. The zero-order valence-corrected chi connectivity index (χ0v) is 13.3. The lowest BCUT2D eigenvalue weighted by Gasteiger charge is -2.27. The molecule has 0 saturated carbocycles. The van der Waals surface area contributed by atoms with Crippen LogP contribution in [-0.2, 0) is 9.59 Å². The van der Waals surface area contributed by atoms with Crippen molar-refractivity contribution in [1.29, 1.82) is 0 Å². The van der Waals surface area contributed by atoms with Gasteiger partial charge in [0.25, 0.3) is 0 Å². The standard InChI is InChI=1S/C15H18BrNO3/c1-15(2,3)13(14(19)20)17-12(18)9-6-10-4-7-11(16)8-5-10/h4-9,13H,1-3H3,(H,17,18)(H,19,20)/b9-6+/t13-/m0/s1. The van der Waals surface area contributed by atoms with Crippen molar-refractivity contribution < 1.29 is 14.7 Å². The quantitative estimate of drug-likeness (QED) is 0.828. The SMILES string of the molecule is CC(C)(C)[C@@H](NC(=O)/C=C/c1ccc(Br)cc1)C(=O)O. The second-order valence-corrected chi connectivity index (χ2v) is 6.45. The highest BCUT2D eigenvalue weighted by Gasteiger charge is 2.31. The highest BCUT2D eigenvalue weighted by atomic mass is 79.9. The van der Waals surface area contributed by atoms with Gasteiger partial charge in [-0.15, -0.1) is 0 Å². The van der Waals surface area contributed by atoms with E-state index >= 15 is 0 Å². The van der Waals surface area contributed by atoms with E-state index in [1.54, 1.807) is 26.8 Å². The van der Waals surface area contributed by atoms with Crippen molar-refractivity contribution >= 4 is 33.9 Å². The molecule has 0 spiro atoms. The van der Waals surface area contributed by atoms with E-state index in [0.29, 0.717) is 0 Å². The first-order valence-corrected chi connectivity index (χ1v) is 6.96. The van der Waals surface area contributed by atoms with Gasteiger partial charge in [-0.1, -0.05) is 48.8 Å². The number of amides is 1. The van der Waals surface area contributed by atoms with Gasteiger partial charge in [0, 0.05) is 10.5 Å². The fourth-order valence-electron chi connectivity index (χ4n) is 1.58. The van der Waals surface area contributed by atoms with Crippen LogP contribution in [0.25, 0.3) is 6.08 Å². The maximum atomic E-state index is 11.8. The van der Waals surface area contributed by atoms with Crippen molar-refractivity contribution in [3.8, 4) is 0 Å². The summed E-state index contributed by atoms with van der Waals surface area (Å²) >= 11 is 3.33. The lowest BCUT2D eigenvalue weighted by molar-refractivity contribution is -0.144. The molecule has 0 bridgehead atoms. The number of carboxylic acid groups (broad SMARTS) is 1. The van der Waals surface area contributed by atoms with Crippen LogP contribution in [0, 0.1) is 5.41 Å². The van der Waals surface area contributed by atoms with E-state index in [4.69, 9.17) is 5.11 Å². The number of carbonyl (C=O) groups is 2. The molecule has 0 fully saturated rings. The molecule has 20 heavy (non-hydrogen) atoms. The predicted octanol–water partition coefficient (Wildman–Crippen LogP) is 3.08. The summed E-state index contributed by atoms with van der Waals surface area (Å²) < 4.78 is 0.956. The molecule has 1 aromatic carbocycles. The van der Waals surface area contributed by atoms with Crippen molar-refractivity contribution in [2.75, 3.05) is 0 Å². The minimum Gasteiger partial charge on any atom is -0.480 e. The summed E-state index contributed by atoms with van der Waals surface area (Å²) in [5, 5.41) is 11.6. The summed E-state index contributed by atoms with van der Waals surface area (Å²) in [6.07, 6.45) is 2.98. The number of carboxylic acids is 1. The van der Waals surface area contributed by atoms with Crippen LogP contribution in [0.5, 0.6) is 0 Å². The van der Waals surface area contributed by atoms with Crippen molar-refractivity contribution in [3.63, 3.8) is 0 Å². The average molecular weight is 340 g/mol. The number of benzene rings is 1. The molecule has 1 rings (SSSR count). The molecule has 0 unspecified atom stereocenters. The highest BCUT2D eigenvalue weighted by Crippen LogP contribution is 2.19. The Morgan fingerprint density at radius 2 is 1.80 bits per heavy atom. The lowest BCUT2D eigenvalue weighted by atomic mass is 9.87. The second kappa shape index (κ2) is 6.70. The van der Waals surface area contributed by atoms with Crippen LogP contribution in [0.15, 0.2) is 34.8 Å². The molecule has 0 aliphatic carbocycles. The van der Waals surface area contributed by atoms with Gasteiger partial charge in [-0.3, -0.25) is 4.79 Å². The minimum absolute atomic E-state index is 0.421. The van der Waals surface area contributed by atoms with Crippen molar-refractivity contribution in [2.45, 2.75) is 26.8 Å². The lowest BCUT2D eigenvalue weighted by Crippen LogP contribution is -2.48. The van der Waals surface area contributed by atoms with Crippen molar-refractivity contribution in [1.82, 2.24) is 5.32 Å². The summed E-state index contributed by atoms with van der Waals surface area (Å²) in [7, 11) is 0. The number of hydrogen-bond acceptors (Lipinski definition) is 2. The van der Waals surface area contributed by atoms with E-state index in [9.17, 15) is 9.59 Å². The van der Waals surface area contributed by atoms with Crippen LogP contribution in [0.2, 0.25) is 0 Å². The Labute approximate surface area is 127 Å². The monoisotopic (exact) mass is 339 g/mol. The van der Waals surface area contributed by atoms with Crippen LogP contribution in [-0.4, -0.2) is 23.0 Å². The molecule has 0 radical (unpaired) electrons. The van der Waals surface area contributed by atoms with Gasteiger partial charge < -0.3 is 10.4 Å². The fraction of sp³-hybridized carbons (Fsp3) is 0.333. The Kier molecular flexibility index (Phi) is 5.51. The van der Waals surface area contributed by atoms with E-state index in [0.717, 1.165) is 10.0 Å². The Morgan fingerprint density at radius 1 is 1.25 bits per heavy atom. The van der Waals surface area contributed by atoms with E-state index in [1.807, 2.05) is 24.3 Å². The molecule has 0 aromatic heterocycles. The first-order valence-electron chi connectivity index (χ1n) is 6.17. The van der Waals surface area contributed by atoms with Gasteiger partial charge in [-0.2, -0.15) is 0 Å². The number of rotatable bonds is 4. The first-order chi connectivity index (χ1) is 9.20. The number of aliphatic carboxylic acids is 1. The number of hydrogen-bond donors (Lipinski definition) is 2. The number of halogens is 1. The molecular weight excluding hydrogens is 322 g/mol. The predicted molar refractivity (Wildman–Crippen MR) is 82.2 cm³/mol. The summed E-state index contributed by atoms with van der Waals surface area (Å²) in [6, 6.07) is 6.52. The Balaban J connectivity index is 2.71. The van der Waals surface area contributed by atoms with Crippen molar-refractivity contribution in [2.24, 2.45) is 5.41 Å². The summed E-state index contributed by atoms with van der Waals surface area (Å²) in [5.41, 5.74) is 0.318. The first kappa shape index (κ1) is 16.4. The zero-order valence-electron chi connectivity index (χ0n) is 11.7. The van der Waals surface area contributed by atoms with Crippen LogP contribution in [0.4, 0.5) is 0 Å². The molecule has 5 heteroatoms. The van der Waals surface area contributed by atoms with Crippen molar-refractivity contribution in [3.05, 3.63) is 40.4 Å². The largest absolute Gasteiger partial charge is 0.480 e. The Bertz CT molecular complexity index is 515. The maximum Gasteiger partial charge on any atom is 0.326 e. The van der Waals surface area contributed by atoms with Gasteiger partial charge in [0.1, 0.15) is 6.04 Å². The molecule has 1 aromatic rings. The molecular formula is C15H18BrNO3. The van der Waals surface area contributed by atoms with E-state index in [-0.39, 0.29) is 0 Å². The van der Waals surface area contributed by atoms with Crippen LogP contribution in [0.1, 0.15) is 26.3 Å². The summed E-state index contributed by atoms with van der Waals surface area (Å²) in [4.78, 5) is 22.9. The number of carbonyl (C=O) groups excluding carboxylic acids is 1. The van der Waals surface area contributed by atoms with Gasteiger partial charge in [0.2, 0.25) is 5.91 Å². The van der Waals surface area contributed by atoms with Crippen LogP contribution in [0.3, 0.4) is 0 Å². The third-order valence-corrected chi connectivity index (χ3v) is 3.23. The van der Waals surface area contributed by atoms with E-state index in [2.05, 4.69) is 21.2 Å². The van der Waals surface area contributed by atoms with Gasteiger partial charge in [-0.25, -0.2) is 4.79 Å². The van der Waals surface area contributed by atoms with Gasteiger partial charge in [0.15, 0.2) is 0 Å². The molecule has 108 valence electrons. The Morgan fingerprint density at radius 3 is 2.25 bits per heavy atom. The van der Waals surface area contributed by atoms with E-state index in [1.165, 1.54) is 6.08 Å². The summed E-state index contributed by atoms with van der Waals surface area (Å²) in [5.74, 6) is -1.46. The van der Waals surface area contributed by atoms with Gasteiger partial charge in [0.05, 0.1) is 0 Å². The molecule has 0 saturated heterocycles. The maximum absolute atomic E-state index is 11.8. The van der Waals surface area contributed by atoms with Gasteiger partial charge >= 0.3 is 5.97 Å². The number of nitrogens with one attached hydrogen (secondary N) is 1. The summed E-state index contributed by atoms with van der Waals surface area (Å²) in [6.45, 7) is 5.31. The van der Waals surface area contributed by atoms with Crippen LogP contribution < -0.4 is 5.32 Å². The minimum atomic E-state index is -1.04. The normalized spacial score (nSPS) is 13.2. The molecule has 0 heterocycles. The molecule has 1 atom stereocenters. The second-order valence-electron chi connectivity index (χ2n) is 5.53. The average Bonchev–Trinajstić information content (AvgIpc) is 2.33. The molecule has 1 amide bonds. The molecule has 0 aliphatic rings. The fourth-order valence-corrected chi connectivity index (χ4v) is 1.85. The topological polar surface area (TPSA) is 66.4 Å². The van der Waals surface area contributed by atoms with Gasteiger partial charge in [-0.05, 0) is 29.2 Å².